The van der Waals surface area contributed by atoms with Crippen molar-refractivity contribution in [2.45, 2.75) is 37.5 Å². The quantitative estimate of drug-likeness (QED) is 0.910. The van der Waals surface area contributed by atoms with E-state index in [2.05, 4.69) is 34.9 Å². The SMILES string of the molecule is O=C1NCC[C@]12CC[C@H](c1ccc(OCc3ccccc3)cc1)N2. The number of hydrogen-bond acceptors (Lipinski definition) is 3. The summed E-state index contributed by atoms with van der Waals surface area (Å²) in [4.78, 5) is 12.1. The van der Waals surface area contributed by atoms with Gasteiger partial charge in [0.1, 0.15) is 17.9 Å². The zero-order valence-electron chi connectivity index (χ0n) is 13.6. The largest absolute Gasteiger partial charge is 0.489 e. The molecule has 4 heteroatoms. The second kappa shape index (κ2) is 6.29. The van der Waals surface area contributed by atoms with Gasteiger partial charge in [0.25, 0.3) is 0 Å². The lowest BCUT2D eigenvalue weighted by Crippen LogP contribution is -2.47. The van der Waals surface area contributed by atoms with Crippen LogP contribution in [-0.2, 0) is 11.4 Å². The minimum atomic E-state index is -0.340. The van der Waals surface area contributed by atoms with Crippen molar-refractivity contribution in [1.29, 1.82) is 0 Å². The molecule has 1 amide bonds. The average molecular weight is 322 g/mol. The normalized spacial score (nSPS) is 25.8. The first-order valence-electron chi connectivity index (χ1n) is 8.58. The number of rotatable bonds is 4. The number of hydrogen-bond donors (Lipinski definition) is 2. The number of carbonyl (C=O) groups excluding carboxylic acids is 1. The smallest absolute Gasteiger partial charge is 0.240 e. The Balaban J connectivity index is 1.38. The fraction of sp³-hybridized carbons (Fsp3) is 0.350. The number of amides is 1. The van der Waals surface area contributed by atoms with E-state index < -0.39 is 0 Å². The van der Waals surface area contributed by atoms with Crippen LogP contribution in [0.15, 0.2) is 54.6 Å². The third-order valence-corrected chi connectivity index (χ3v) is 5.11. The van der Waals surface area contributed by atoms with Gasteiger partial charge in [-0.25, -0.2) is 0 Å². The van der Waals surface area contributed by atoms with Crippen molar-refractivity contribution in [3.63, 3.8) is 0 Å². The molecule has 124 valence electrons. The van der Waals surface area contributed by atoms with E-state index in [-0.39, 0.29) is 17.5 Å². The first kappa shape index (κ1) is 15.2. The molecular formula is C20H22N2O2. The zero-order valence-corrected chi connectivity index (χ0v) is 13.6. The minimum absolute atomic E-state index is 0.160. The molecule has 2 N–H and O–H groups in total. The van der Waals surface area contributed by atoms with E-state index in [1.165, 1.54) is 5.56 Å². The maximum absolute atomic E-state index is 12.1. The molecule has 2 saturated heterocycles. The standard InChI is InChI=1S/C20H22N2O2/c23-19-20(12-13-21-19)11-10-18(22-20)16-6-8-17(9-7-16)24-14-15-4-2-1-3-5-15/h1-9,18,22H,10-14H2,(H,21,23)/t18-,20-/m1/s1. The molecule has 24 heavy (non-hydrogen) atoms. The van der Waals surface area contributed by atoms with Gasteiger partial charge in [0.2, 0.25) is 5.91 Å². The number of nitrogens with one attached hydrogen (secondary N) is 2. The molecule has 1 spiro atoms. The lowest BCUT2D eigenvalue weighted by molar-refractivity contribution is -0.124. The summed E-state index contributed by atoms with van der Waals surface area (Å²) in [6, 6.07) is 18.6. The summed E-state index contributed by atoms with van der Waals surface area (Å²) in [5, 5.41) is 6.50. The molecule has 0 radical (unpaired) electrons. The number of ether oxygens (including phenoxy) is 1. The molecule has 2 aliphatic rings. The Morgan fingerprint density at radius 2 is 1.83 bits per heavy atom. The van der Waals surface area contributed by atoms with E-state index in [4.69, 9.17) is 4.74 Å². The van der Waals surface area contributed by atoms with Crippen LogP contribution in [0, 0.1) is 0 Å². The Labute approximate surface area is 142 Å². The van der Waals surface area contributed by atoms with Gasteiger partial charge >= 0.3 is 0 Å². The maximum Gasteiger partial charge on any atom is 0.240 e. The fourth-order valence-electron chi connectivity index (χ4n) is 3.70. The molecule has 0 saturated carbocycles. The van der Waals surface area contributed by atoms with Gasteiger partial charge in [-0.15, -0.1) is 0 Å². The van der Waals surface area contributed by atoms with Crippen LogP contribution in [0.1, 0.15) is 36.4 Å². The lowest BCUT2D eigenvalue weighted by atomic mass is 9.96. The molecular weight excluding hydrogens is 300 g/mol. The van der Waals surface area contributed by atoms with Gasteiger partial charge in [0.05, 0.1) is 0 Å². The zero-order chi connectivity index (χ0) is 16.4. The molecule has 2 aromatic carbocycles. The highest BCUT2D eigenvalue weighted by Gasteiger charge is 2.47. The van der Waals surface area contributed by atoms with E-state index in [0.717, 1.165) is 37.1 Å². The first-order chi connectivity index (χ1) is 11.8. The predicted octanol–water partition coefficient (Wildman–Crippen LogP) is 2.95. The van der Waals surface area contributed by atoms with Crippen LogP contribution in [0.5, 0.6) is 5.75 Å². The summed E-state index contributed by atoms with van der Waals surface area (Å²) in [6.07, 6.45) is 2.80. The molecule has 4 nitrogen and oxygen atoms in total. The van der Waals surface area contributed by atoms with E-state index >= 15 is 0 Å². The summed E-state index contributed by atoms with van der Waals surface area (Å²) in [5.41, 5.74) is 2.04. The van der Waals surface area contributed by atoms with Crippen molar-refractivity contribution in [3.05, 3.63) is 65.7 Å². The van der Waals surface area contributed by atoms with Gasteiger partial charge in [-0.3, -0.25) is 10.1 Å². The summed E-state index contributed by atoms with van der Waals surface area (Å²) in [5.74, 6) is 1.03. The highest BCUT2D eigenvalue weighted by molar-refractivity contribution is 5.88. The fourth-order valence-corrected chi connectivity index (χ4v) is 3.70. The predicted molar refractivity (Wildman–Crippen MR) is 92.7 cm³/mol. The van der Waals surface area contributed by atoms with Crippen LogP contribution in [0.4, 0.5) is 0 Å². The van der Waals surface area contributed by atoms with E-state index in [9.17, 15) is 4.79 Å². The van der Waals surface area contributed by atoms with Crippen LogP contribution in [-0.4, -0.2) is 18.0 Å². The van der Waals surface area contributed by atoms with Gasteiger partial charge in [-0.2, -0.15) is 0 Å². The molecule has 2 aliphatic heterocycles. The molecule has 0 bridgehead atoms. The van der Waals surface area contributed by atoms with E-state index in [0.29, 0.717) is 6.61 Å². The van der Waals surface area contributed by atoms with Crippen molar-refractivity contribution in [3.8, 4) is 5.75 Å². The van der Waals surface area contributed by atoms with Crippen molar-refractivity contribution in [1.82, 2.24) is 10.6 Å². The van der Waals surface area contributed by atoms with Crippen molar-refractivity contribution >= 4 is 5.91 Å². The van der Waals surface area contributed by atoms with Crippen LogP contribution in [0.2, 0.25) is 0 Å². The lowest BCUT2D eigenvalue weighted by Gasteiger charge is -2.22. The van der Waals surface area contributed by atoms with Gasteiger partial charge in [-0.05, 0) is 42.5 Å². The van der Waals surface area contributed by atoms with Gasteiger partial charge in [0, 0.05) is 12.6 Å². The van der Waals surface area contributed by atoms with Gasteiger partial charge in [-0.1, -0.05) is 42.5 Å². The van der Waals surface area contributed by atoms with Crippen molar-refractivity contribution in [2.24, 2.45) is 0 Å². The Kier molecular flexibility index (Phi) is 3.98. The Morgan fingerprint density at radius 1 is 1.04 bits per heavy atom. The molecule has 4 rings (SSSR count). The number of benzene rings is 2. The van der Waals surface area contributed by atoms with Gasteiger partial charge in [0.15, 0.2) is 0 Å². The van der Waals surface area contributed by atoms with E-state index in [1.54, 1.807) is 0 Å². The van der Waals surface area contributed by atoms with Crippen molar-refractivity contribution < 1.29 is 9.53 Å². The molecule has 2 aromatic rings. The molecule has 0 aliphatic carbocycles. The molecule has 2 heterocycles. The summed E-state index contributed by atoms with van der Waals surface area (Å²) < 4.78 is 5.84. The Hall–Kier alpha value is -2.33. The Bertz CT molecular complexity index is 714. The van der Waals surface area contributed by atoms with Crippen LogP contribution in [0.3, 0.4) is 0 Å². The van der Waals surface area contributed by atoms with Crippen molar-refractivity contribution in [2.75, 3.05) is 6.54 Å². The van der Waals surface area contributed by atoms with Crippen LogP contribution >= 0.6 is 0 Å². The van der Waals surface area contributed by atoms with E-state index in [1.807, 2.05) is 30.3 Å². The maximum atomic E-state index is 12.1. The molecule has 0 unspecified atom stereocenters. The molecule has 2 fully saturated rings. The summed E-state index contributed by atoms with van der Waals surface area (Å²) >= 11 is 0. The second-order valence-corrected chi connectivity index (χ2v) is 6.67. The average Bonchev–Trinajstić information content (AvgIpc) is 3.22. The third kappa shape index (κ3) is 2.89. The highest BCUT2D eigenvalue weighted by Crippen LogP contribution is 2.37. The molecule has 0 aromatic heterocycles. The molecule has 2 atom stereocenters. The second-order valence-electron chi connectivity index (χ2n) is 6.67. The number of carbonyl (C=O) groups is 1. The topological polar surface area (TPSA) is 50.4 Å². The van der Waals surface area contributed by atoms with Gasteiger partial charge < -0.3 is 10.1 Å². The Morgan fingerprint density at radius 3 is 2.54 bits per heavy atom. The third-order valence-electron chi connectivity index (χ3n) is 5.11. The monoisotopic (exact) mass is 322 g/mol. The summed E-state index contributed by atoms with van der Waals surface area (Å²) in [6.45, 7) is 1.36. The highest BCUT2D eigenvalue weighted by atomic mass is 16.5. The minimum Gasteiger partial charge on any atom is -0.489 e. The van der Waals surface area contributed by atoms with Crippen LogP contribution < -0.4 is 15.4 Å². The summed E-state index contributed by atoms with van der Waals surface area (Å²) in [7, 11) is 0. The first-order valence-corrected chi connectivity index (χ1v) is 8.58. The van der Waals surface area contributed by atoms with Crippen LogP contribution in [0.25, 0.3) is 0 Å².